The maximum absolute atomic E-state index is 5.44. The van der Waals surface area contributed by atoms with Crippen molar-refractivity contribution in [1.29, 1.82) is 0 Å². The summed E-state index contributed by atoms with van der Waals surface area (Å²) < 4.78 is 5.44. The molecule has 1 aromatic carbocycles. The minimum atomic E-state index is 0. The zero-order chi connectivity index (χ0) is 19.2. The fraction of sp³-hybridized carbons (Fsp3) is 0.524. The van der Waals surface area contributed by atoms with Crippen LogP contribution in [0.1, 0.15) is 43.4 Å². The number of fused-ring (bicyclic) bond motifs is 1. The summed E-state index contributed by atoms with van der Waals surface area (Å²) in [6.45, 7) is 8.94. The molecule has 0 amide bonds. The second kappa shape index (κ2) is 10.7. The number of hydrogen-bond acceptors (Lipinski definition) is 4. The summed E-state index contributed by atoms with van der Waals surface area (Å²) in [5, 5.41) is 11.0. The number of hydrogen-bond donors (Lipinski definition) is 2. The van der Waals surface area contributed by atoms with E-state index in [1.807, 2.05) is 0 Å². The molecule has 1 atom stereocenters. The number of rotatable bonds is 7. The molecule has 1 aliphatic heterocycles. The third-order valence-corrected chi connectivity index (χ3v) is 5.26. The van der Waals surface area contributed by atoms with Crippen LogP contribution in [-0.2, 0) is 25.8 Å². The van der Waals surface area contributed by atoms with Gasteiger partial charge in [-0.05, 0) is 31.4 Å². The molecule has 7 heteroatoms. The molecule has 0 aliphatic carbocycles. The Morgan fingerprint density at radius 1 is 1.25 bits per heavy atom. The Bertz CT molecular complexity index is 767. The van der Waals surface area contributed by atoms with Gasteiger partial charge in [-0.15, -0.1) is 24.0 Å². The maximum Gasteiger partial charge on any atom is 0.191 e. The summed E-state index contributed by atoms with van der Waals surface area (Å²) in [5.41, 5.74) is 4.99. The molecule has 0 saturated carbocycles. The van der Waals surface area contributed by atoms with Crippen molar-refractivity contribution >= 4 is 35.6 Å². The van der Waals surface area contributed by atoms with Gasteiger partial charge in [-0.2, -0.15) is 0 Å². The molecular weight excluding hydrogens is 465 g/mol. The Morgan fingerprint density at radius 3 is 2.75 bits per heavy atom. The third kappa shape index (κ3) is 4.98. The Balaban J connectivity index is 0.00000280. The summed E-state index contributed by atoms with van der Waals surface area (Å²) >= 11 is 0. The number of guanidine groups is 1. The SMILES string of the molecule is CCc1noc(CC)c1CNC(=NC)NCCN1c2ccccc2CC1C.I. The fourth-order valence-corrected chi connectivity index (χ4v) is 3.80. The van der Waals surface area contributed by atoms with E-state index in [9.17, 15) is 0 Å². The lowest BCUT2D eigenvalue weighted by molar-refractivity contribution is 0.380. The fourth-order valence-electron chi connectivity index (χ4n) is 3.80. The Hall–Kier alpha value is -1.77. The zero-order valence-electron chi connectivity index (χ0n) is 17.3. The van der Waals surface area contributed by atoms with Crippen molar-refractivity contribution < 1.29 is 4.52 Å². The van der Waals surface area contributed by atoms with Crippen LogP contribution in [-0.4, -0.2) is 37.3 Å². The van der Waals surface area contributed by atoms with Gasteiger partial charge >= 0.3 is 0 Å². The van der Waals surface area contributed by atoms with E-state index in [4.69, 9.17) is 4.52 Å². The van der Waals surface area contributed by atoms with Crippen molar-refractivity contribution in [1.82, 2.24) is 15.8 Å². The first-order valence-corrected chi connectivity index (χ1v) is 9.93. The van der Waals surface area contributed by atoms with Crippen LogP contribution in [0, 0.1) is 0 Å². The second-order valence-electron chi connectivity index (χ2n) is 6.97. The van der Waals surface area contributed by atoms with Crippen molar-refractivity contribution in [3.8, 4) is 0 Å². The minimum Gasteiger partial charge on any atom is -0.367 e. The van der Waals surface area contributed by atoms with Crippen molar-refractivity contribution in [3.63, 3.8) is 0 Å². The molecule has 2 N–H and O–H groups in total. The molecule has 2 heterocycles. The smallest absolute Gasteiger partial charge is 0.191 e. The highest BCUT2D eigenvalue weighted by Gasteiger charge is 2.24. The topological polar surface area (TPSA) is 65.7 Å². The number of aryl methyl sites for hydroxylation is 2. The highest BCUT2D eigenvalue weighted by Crippen LogP contribution is 2.31. The highest BCUT2D eigenvalue weighted by molar-refractivity contribution is 14.0. The largest absolute Gasteiger partial charge is 0.367 e. The third-order valence-electron chi connectivity index (χ3n) is 5.26. The van der Waals surface area contributed by atoms with Gasteiger partial charge in [0.15, 0.2) is 5.96 Å². The van der Waals surface area contributed by atoms with Gasteiger partial charge in [0.1, 0.15) is 5.76 Å². The number of aliphatic imine (C=N–C) groups is 1. The molecule has 0 bridgehead atoms. The number of nitrogens with zero attached hydrogens (tertiary/aromatic N) is 3. The molecule has 3 rings (SSSR count). The van der Waals surface area contributed by atoms with Gasteiger partial charge in [0.05, 0.1) is 5.69 Å². The van der Waals surface area contributed by atoms with Gasteiger partial charge in [0, 0.05) is 50.4 Å². The average Bonchev–Trinajstić information content (AvgIpc) is 3.24. The van der Waals surface area contributed by atoms with E-state index in [0.717, 1.165) is 55.3 Å². The Labute approximate surface area is 185 Å². The van der Waals surface area contributed by atoms with Gasteiger partial charge in [0.2, 0.25) is 0 Å². The van der Waals surface area contributed by atoms with E-state index in [1.54, 1.807) is 7.05 Å². The van der Waals surface area contributed by atoms with Crippen LogP contribution in [0.4, 0.5) is 5.69 Å². The van der Waals surface area contributed by atoms with Crippen molar-refractivity contribution in [2.24, 2.45) is 4.99 Å². The van der Waals surface area contributed by atoms with Crippen LogP contribution in [0.25, 0.3) is 0 Å². The number of benzene rings is 1. The van der Waals surface area contributed by atoms with E-state index in [0.29, 0.717) is 12.6 Å². The number of anilines is 1. The first-order chi connectivity index (χ1) is 13.2. The summed E-state index contributed by atoms with van der Waals surface area (Å²) in [6, 6.07) is 9.23. The van der Waals surface area contributed by atoms with E-state index < -0.39 is 0 Å². The van der Waals surface area contributed by atoms with Crippen molar-refractivity contribution in [2.45, 2.75) is 52.6 Å². The molecule has 28 heavy (non-hydrogen) atoms. The Morgan fingerprint density at radius 2 is 2.04 bits per heavy atom. The van der Waals surface area contributed by atoms with E-state index in [2.05, 4.69) is 70.7 Å². The summed E-state index contributed by atoms with van der Waals surface area (Å²) in [4.78, 5) is 6.82. The van der Waals surface area contributed by atoms with Crippen LogP contribution in [0.15, 0.2) is 33.8 Å². The van der Waals surface area contributed by atoms with Crippen LogP contribution in [0.2, 0.25) is 0 Å². The number of aromatic nitrogens is 1. The monoisotopic (exact) mass is 497 g/mol. The lowest BCUT2D eigenvalue weighted by Gasteiger charge is -2.25. The molecule has 154 valence electrons. The predicted molar refractivity (Wildman–Crippen MR) is 126 cm³/mol. The van der Waals surface area contributed by atoms with E-state index in [-0.39, 0.29) is 24.0 Å². The van der Waals surface area contributed by atoms with Crippen LogP contribution in [0.3, 0.4) is 0 Å². The summed E-state index contributed by atoms with van der Waals surface area (Å²) in [5.74, 6) is 1.76. The van der Waals surface area contributed by atoms with E-state index >= 15 is 0 Å². The maximum atomic E-state index is 5.44. The van der Waals surface area contributed by atoms with Crippen molar-refractivity contribution in [2.75, 3.05) is 25.0 Å². The molecule has 1 unspecified atom stereocenters. The molecule has 2 aromatic rings. The molecule has 6 nitrogen and oxygen atoms in total. The number of para-hydroxylation sites is 1. The molecule has 0 saturated heterocycles. The molecule has 1 aromatic heterocycles. The molecule has 0 radical (unpaired) electrons. The first-order valence-electron chi connectivity index (χ1n) is 9.93. The first kappa shape index (κ1) is 22.5. The quantitative estimate of drug-likeness (QED) is 0.348. The lowest BCUT2D eigenvalue weighted by atomic mass is 10.1. The predicted octanol–water partition coefficient (Wildman–Crippen LogP) is 3.53. The minimum absolute atomic E-state index is 0. The van der Waals surface area contributed by atoms with Gasteiger partial charge < -0.3 is 20.1 Å². The molecular formula is C21H32IN5O. The van der Waals surface area contributed by atoms with Crippen LogP contribution >= 0.6 is 24.0 Å². The van der Waals surface area contributed by atoms with Crippen LogP contribution in [0.5, 0.6) is 0 Å². The summed E-state index contributed by atoms with van der Waals surface area (Å²) in [6.07, 6.45) is 2.84. The zero-order valence-corrected chi connectivity index (χ0v) is 19.6. The second-order valence-corrected chi connectivity index (χ2v) is 6.97. The van der Waals surface area contributed by atoms with Gasteiger partial charge in [-0.3, -0.25) is 4.99 Å². The molecule has 0 spiro atoms. The molecule has 0 fully saturated rings. The van der Waals surface area contributed by atoms with Crippen LogP contribution < -0.4 is 15.5 Å². The normalized spacial score (nSPS) is 15.9. The number of nitrogens with one attached hydrogen (secondary N) is 2. The lowest BCUT2D eigenvalue weighted by Crippen LogP contribution is -2.42. The highest BCUT2D eigenvalue weighted by atomic mass is 127. The standard InChI is InChI=1S/C21H31N5O.HI/c1-5-18-17(20(6-2)27-25-18)14-24-21(22-4)23-11-12-26-15(3)13-16-9-7-8-10-19(16)26;/h7-10,15H,5-6,11-14H2,1-4H3,(H2,22,23,24);1H. The van der Waals surface area contributed by atoms with Gasteiger partial charge in [0.25, 0.3) is 0 Å². The average molecular weight is 497 g/mol. The van der Waals surface area contributed by atoms with E-state index in [1.165, 1.54) is 11.3 Å². The number of halogens is 1. The van der Waals surface area contributed by atoms with Gasteiger partial charge in [-0.25, -0.2) is 0 Å². The van der Waals surface area contributed by atoms with Gasteiger partial charge in [-0.1, -0.05) is 37.2 Å². The Kier molecular flexibility index (Phi) is 8.59. The van der Waals surface area contributed by atoms with Crippen molar-refractivity contribution in [3.05, 3.63) is 46.8 Å². The molecule has 1 aliphatic rings. The summed E-state index contributed by atoms with van der Waals surface area (Å²) in [7, 11) is 1.80.